The van der Waals surface area contributed by atoms with Gasteiger partial charge in [-0.15, -0.1) is 0 Å². The SMILES string of the molecule is CC[C@@H](Cc1ccccc1)N(CC)C(=O)[C@H]1CC(=O)N(Cc2ccco2)C1. The number of furan rings is 1. The van der Waals surface area contributed by atoms with Crippen molar-refractivity contribution in [2.45, 2.75) is 45.7 Å². The van der Waals surface area contributed by atoms with Crippen LogP contribution in [0.2, 0.25) is 0 Å². The summed E-state index contributed by atoms with van der Waals surface area (Å²) in [6.45, 7) is 5.70. The number of likely N-dealkylation sites (N-methyl/N-ethyl adjacent to an activating group) is 1. The molecule has 27 heavy (non-hydrogen) atoms. The second-order valence-electron chi connectivity index (χ2n) is 7.13. The van der Waals surface area contributed by atoms with Crippen LogP contribution < -0.4 is 0 Å². The van der Waals surface area contributed by atoms with Gasteiger partial charge in [-0.1, -0.05) is 37.3 Å². The quantitative estimate of drug-likeness (QED) is 0.717. The molecular formula is C22H28N2O3. The van der Waals surface area contributed by atoms with Gasteiger partial charge in [0.05, 0.1) is 18.7 Å². The molecule has 1 aliphatic rings. The van der Waals surface area contributed by atoms with Gasteiger partial charge in [0.25, 0.3) is 0 Å². The second-order valence-corrected chi connectivity index (χ2v) is 7.13. The maximum absolute atomic E-state index is 13.2. The highest BCUT2D eigenvalue weighted by molar-refractivity contribution is 5.89. The number of hydrogen-bond acceptors (Lipinski definition) is 3. The van der Waals surface area contributed by atoms with Gasteiger partial charge in [-0.2, -0.15) is 0 Å². The van der Waals surface area contributed by atoms with Crippen molar-refractivity contribution in [1.29, 1.82) is 0 Å². The van der Waals surface area contributed by atoms with E-state index in [9.17, 15) is 9.59 Å². The van der Waals surface area contributed by atoms with Gasteiger partial charge >= 0.3 is 0 Å². The Balaban J connectivity index is 1.65. The van der Waals surface area contributed by atoms with E-state index in [4.69, 9.17) is 4.42 Å². The molecule has 1 aromatic carbocycles. The molecule has 1 aliphatic heterocycles. The third-order valence-electron chi connectivity index (χ3n) is 5.34. The molecule has 0 saturated carbocycles. The fraction of sp³-hybridized carbons (Fsp3) is 0.455. The first kappa shape index (κ1) is 19.2. The zero-order valence-electron chi connectivity index (χ0n) is 16.1. The molecule has 3 rings (SSSR count). The van der Waals surface area contributed by atoms with Crippen LogP contribution in [-0.2, 0) is 22.6 Å². The standard InChI is InChI=1S/C22H28N2O3/c1-3-19(13-17-9-6-5-7-10-17)24(4-2)22(26)18-14-21(25)23(15-18)16-20-11-8-12-27-20/h5-12,18-19H,3-4,13-16H2,1-2H3/t18-,19-/m0/s1. The van der Waals surface area contributed by atoms with Crippen LogP contribution in [0.25, 0.3) is 0 Å². The summed E-state index contributed by atoms with van der Waals surface area (Å²) in [6.07, 6.45) is 3.63. The molecule has 0 bridgehead atoms. The van der Waals surface area contributed by atoms with E-state index in [1.165, 1.54) is 5.56 Å². The number of nitrogens with zero attached hydrogens (tertiary/aromatic N) is 2. The van der Waals surface area contributed by atoms with Gasteiger partial charge in [0.2, 0.25) is 11.8 Å². The summed E-state index contributed by atoms with van der Waals surface area (Å²) in [5, 5.41) is 0. The zero-order valence-corrected chi connectivity index (χ0v) is 16.1. The van der Waals surface area contributed by atoms with E-state index in [1.54, 1.807) is 11.2 Å². The highest BCUT2D eigenvalue weighted by Gasteiger charge is 2.37. The number of carbonyl (C=O) groups excluding carboxylic acids is 2. The summed E-state index contributed by atoms with van der Waals surface area (Å²) in [5.74, 6) is 0.601. The van der Waals surface area contributed by atoms with Gasteiger partial charge in [0, 0.05) is 25.6 Å². The average Bonchev–Trinajstić information content (AvgIpc) is 3.32. The van der Waals surface area contributed by atoms with Crippen LogP contribution >= 0.6 is 0 Å². The monoisotopic (exact) mass is 368 g/mol. The third-order valence-corrected chi connectivity index (χ3v) is 5.34. The van der Waals surface area contributed by atoms with E-state index >= 15 is 0 Å². The number of likely N-dealkylation sites (tertiary alicyclic amines) is 1. The fourth-order valence-corrected chi connectivity index (χ4v) is 3.87. The predicted octanol–water partition coefficient (Wildman–Crippen LogP) is 3.50. The summed E-state index contributed by atoms with van der Waals surface area (Å²) in [6, 6.07) is 14.1. The smallest absolute Gasteiger partial charge is 0.228 e. The molecule has 2 amide bonds. The van der Waals surface area contributed by atoms with E-state index in [0.717, 1.165) is 18.6 Å². The maximum atomic E-state index is 13.2. The molecule has 0 N–H and O–H groups in total. The Kier molecular flexibility index (Phi) is 6.32. The van der Waals surface area contributed by atoms with Crippen molar-refractivity contribution in [3.05, 3.63) is 60.1 Å². The van der Waals surface area contributed by atoms with Crippen LogP contribution in [0, 0.1) is 5.92 Å². The summed E-state index contributed by atoms with van der Waals surface area (Å²) >= 11 is 0. The molecule has 2 atom stereocenters. The lowest BCUT2D eigenvalue weighted by molar-refractivity contribution is -0.138. The van der Waals surface area contributed by atoms with E-state index in [2.05, 4.69) is 19.1 Å². The van der Waals surface area contributed by atoms with Gasteiger partial charge in [-0.3, -0.25) is 9.59 Å². The molecule has 144 valence electrons. The van der Waals surface area contributed by atoms with Crippen LogP contribution in [-0.4, -0.2) is 40.7 Å². The molecule has 1 fully saturated rings. The minimum absolute atomic E-state index is 0.0249. The predicted molar refractivity (Wildman–Crippen MR) is 104 cm³/mol. The molecule has 0 radical (unpaired) electrons. The van der Waals surface area contributed by atoms with E-state index in [-0.39, 0.29) is 30.2 Å². The van der Waals surface area contributed by atoms with Gasteiger partial charge in [0.15, 0.2) is 0 Å². The molecule has 2 aromatic rings. The van der Waals surface area contributed by atoms with Gasteiger partial charge in [0.1, 0.15) is 5.76 Å². The lowest BCUT2D eigenvalue weighted by atomic mass is 9.99. The molecule has 0 unspecified atom stereocenters. The second kappa shape index (κ2) is 8.89. The van der Waals surface area contributed by atoms with Crippen LogP contribution in [0.15, 0.2) is 53.1 Å². The van der Waals surface area contributed by atoms with Crippen molar-refractivity contribution in [1.82, 2.24) is 9.80 Å². The summed E-state index contributed by atoms with van der Waals surface area (Å²) in [7, 11) is 0. The number of amides is 2. The number of hydrogen-bond donors (Lipinski definition) is 0. The highest BCUT2D eigenvalue weighted by atomic mass is 16.3. The minimum atomic E-state index is -0.266. The molecule has 1 saturated heterocycles. The first-order chi connectivity index (χ1) is 13.1. The maximum Gasteiger partial charge on any atom is 0.228 e. The van der Waals surface area contributed by atoms with Crippen molar-refractivity contribution in [2.24, 2.45) is 5.92 Å². The third kappa shape index (κ3) is 4.59. The molecule has 5 nitrogen and oxygen atoms in total. The number of carbonyl (C=O) groups is 2. The Hall–Kier alpha value is -2.56. The Morgan fingerprint density at radius 2 is 2.00 bits per heavy atom. The topological polar surface area (TPSA) is 53.8 Å². The number of benzene rings is 1. The summed E-state index contributed by atoms with van der Waals surface area (Å²) in [5.41, 5.74) is 1.23. The molecule has 5 heteroatoms. The first-order valence-corrected chi connectivity index (χ1v) is 9.76. The van der Waals surface area contributed by atoms with Gasteiger partial charge in [-0.25, -0.2) is 0 Å². The average molecular weight is 368 g/mol. The molecule has 0 spiro atoms. The largest absolute Gasteiger partial charge is 0.467 e. The summed E-state index contributed by atoms with van der Waals surface area (Å²) < 4.78 is 5.34. The van der Waals surface area contributed by atoms with Crippen molar-refractivity contribution in [3.63, 3.8) is 0 Å². The molecular weight excluding hydrogens is 340 g/mol. The Labute approximate surface area is 160 Å². The lowest BCUT2D eigenvalue weighted by Crippen LogP contribution is -2.45. The van der Waals surface area contributed by atoms with Crippen molar-refractivity contribution >= 4 is 11.8 Å². The molecule has 1 aromatic heterocycles. The minimum Gasteiger partial charge on any atom is -0.467 e. The fourth-order valence-electron chi connectivity index (χ4n) is 3.87. The molecule has 0 aliphatic carbocycles. The van der Waals surface area contributed by atoms with Crippen molar-refractivity contribution < 1.29 is 14.0 Å². The van der Waals surface area contributed by atoms with Crippen LogP contribution in [0.3, 0.4) is 0 Å². The van der Waals surface area contributed by atoms with Gasteiger partial charge < -0.3 is 14.2 Å². The van der Waals surface area contributed by atoms with Crippen LogP contribution in [0.1, 0.15) is 38.0 Å². The van der Waals surface area contributed by atoms with E-state index in [1.807, 2.05) is 42.2 Å². The highest BCUT2D eigenvalue weighted by Crippen LogP contribution is 2.24. The van der Waals surface area contributed by atoms with Crippen molar-refractivity contribution in [2.75, 3.05) is 13.1 Å². The first-order valence-electron chi connectivity index (χ1n) is 9.76. The normalized spacial score (nSPS) is 17.9. The van der Waals surface area contributed by atoms with E-state index in [0.29, 0.717) is 19.6 Å². The Bertz CT molecular complexity index is 742. The van der Waals surface area contributed by atoms with E-state index < -0.39 is 0 Å². The van der Waals surface area contributed by atoms with Crippen LogP contribution in [0.5, 0.6) is 0 Å². The van der Waals surface area contributed by atoms with Gasteiger partial charge in [-0.05, 0) is 37.5 Å². The lowest BCUT2D eigenvalue weighted by Gasteiger charge is -2.32. The van der Waals surface area contributed by atoms with Crippen LogP contribution in [0.4, 0.5) is 0 Å². The Morgan fingerprint density at radius 1 is 1.22 bits per heavy atom. The zero-order chi connectivity index (χ0) is 19.2. The Morgan fingerprint density at radius 3 is 2.63 bits per heavy atom. The summed E-state index contributed by atoms with van der Waals surface area (Å²) in [4.78, 5) is 29.2. The van der Waals surface area contributed by atoms with Crippen molar-refractivity contribution in [3.8, 4) is 0 Å². The number of rotatable bonds is 8. The molecule has 2 heterocycles.